The van der Waals surface area contributed by atoms with Crippen LogP contribution in [0.15, 0.2) is 47.4 Å². The standard InChI is InChI=1S/C21H25N3O5S/c1-14-12-18(9-10-19(14)29-2)30(27,28)24-11-3-4-16(13-24)21(26)23-17-7-5-15(6-8-17)20(22)25/h5-10,12,16H,3-4,11,13H2,1-2H3,(H2,22,25)(H,23,26)/t16-/m1/s1. The zero-order valence-corrected chi connectivity index (χ0v) is 17.7. The van der Waals surface area contributed by atoms with Gasteiger partial charge < -0.3 is 15.8 Å². The number of aryl methyl sites for hydroxylation is 1. The summed E-state index contributed by atoms with van der Waals surface area (Å²) >= 11 is 0. The molecule has 3 N–H and O–H groups in total. The van der Waals surface area contributed by atoms with E-state index in [0.717, 1.165) is 5.56 Å². The number of methoxy groups -OCH3 is 1. The first-order chi connectivity index (χ1) is 14.2. The van der Waals surface area contributed by atoms with Gasteiger partial charge in [0.1, 0.15) is 5.75 Å². The molecule has 2 amide bonds. The number of hydrogen-bond acceptors (Lipinski definition) is 5. The molecule has 2 aromatic carbocycles. The summed E-state index contributed by atoms with van der Waals surface area (Å²) in [5.74, 6) is -0.654. The molecule has 2 aromatic rings. The molecule has 0 aliphatic carbocycles. The molecular weight excluding hydrogens is 406 g/mol. The summed E-state index contributed by atoms with van der Waals surface area (Å²) in [7, 11) is -2.18. The van der Waals surface area contributed by atoms with Gasteiger partial charge in [-0.05, 0) is 67.8 Å². The lowest BCUT2D eigenvalue weighted by molar-refractivity contribution is -0.120. The minimum absolute atomic E-state index is 0.110. The van der Waals surface area contributed by atoms with E-state index in [1.165, 1.54) is 29.6 Å². The Morgan fingerprint density at radius 2 is 1.87 bits per heavy atom. The SMILES string of the molecule is COc1ccc(S(=O)(=O)N2CCC[C@@H](C(=O)Nc3ccc(C(N)=O)cc3)C2)cc1C. The first-order valence-electron chi connectivity index (χ1n) is 9.58. The maximum absolute atomic E-state index is 13.1. The van der Waals surface area contributed by atoms with E-state index >= 15 is 0 Å². The first kappa shape index (κ1) is 21.8. The minimum Gasteiger partial charge on any atom is -0.496 e. The molecule has 0 aromatic heterocycles. The van der Waals surface area contributed by atoms with Crippen LogP contribution in [-0.4, -0.2) is 44.7 Å². The van der Waals surface area contributed by atoms with Gasteiger partial charge in [0.25, 0.3) is 0 Å². The number of benzene rings is 2. The highest BCUT2D eigenvalue weighted by Gasteiger charge is 2.33. The normalized spacial score (nSPS) is 17.3. The van der Waals surface area contributed by atoms with Gasteiger partial charge in [0, 0.05) is 24.3 Å². The van der Waals surface area contributed by atoms with Crippen LogP contribution >= 0.6 is 0 Å². The quantitative estimate of drug-likeness (QED) is 0.726. The lowest BCUT2D eigenvalue weighted by atomic mass is 9.98. The van der Waals surface area contributed by atoms with Crippen molar-refractivity contribution in [1.82, 2.24) is 4.31 Å². The fourth-order valence-electron chi connectivity index (χ4n) is 3.50. The van der Waals surface area contributed by atoms with Crippen LogP contribution in [0.5, 0.6) is 5.75 Å². The minimum atomic E-state index is -3.72. The number of nitrogens with one attached hydrogen (secondary N) is 1. The first-order valence-corrected chi connectivity index (χ1v) is 11.0. The van der Waals surface area contributed by atoms with Gasteiger partial charge >= 0.3 is 0 Å². The van der Waals surface area contributed by atoms with Crippen molar-refractivity contribution < 1.29 is 22.7 Å². The van der Waals surface area contributed by atoms with Crippen molar-refractivity contribution in [3.8, 4) is 5.75 Å². The second-order valence-corrected chi connectivity index (χ2v) is 9.20. The van der Waals surface area contributed by atoms with Crippen LogP contribution in [0.1, 0.15) is 28.8 Å². The number of sulfonamides is 1. The molecule has 0 unspecified atom stereocenters. The zero-order valence-electron chi connectivity index (χ0n) is 16.9. The molecule has 30 heavy (non-hydrogen) atoms. The highest BCUT2D eigenvalue weighted by molar-refractivity contribution is 7.89. The number of amides is 2. The summed E-state index contributed by atoms with van der Waals surface area (Å²) in [6, 6.07) is 11.0. The molecule has 3 rings (SSSR count). The lowest BCUT2D eigenvalue weighted by Gasteiger charge is -2.31. The van der Waals surface area contributed by atoms with Crippen LogP contribution in [0.4, 0.5) is 5.69 Å². The van der Waals surface area contributed by atoms with Gasteiger partial charge in [-0.25, -0.2) is 8.42 Å². The van der Waals surface area contributed by atoms with E-state index in [4.69, 9.17) is 10.5 Å². The van der Waals surface area contributed by atoms with Gasteiger partial charge in [0.2, 0.25) is 21.8 Å². The van der Waals surface area contributed by atoms with Gasteiger partial charge in [-0.2, -0.15) is 4.31 Å². The van der Waals surface area contributed by atoms with Crippen molar-refractivity contribution in [2.75, 3.05) is 25.5 Å². The smallest absolute Gasteiger partial charge is 0.248 e. The van der Waals surface area contributed by atoms with Gasteiger partial charge in [0.15, 0.2) is 0 Å². The Hall–Kier alpha value is -2.91. The number of nitrogens with two attached hydrogens (primary N) is 1. The molecule has 1 saturated heterocycles. The molecule has 9 heteroatoms. The van der Waals surface area contributed by atoms with Crippen molar-refractivity contribution in [2.45, 2.75) is 24.7 Å². The second-order valence-electron chi connectivity index (χ2n) is 7.26. The van der Waals surface area contributed by atoms with E-state index in [2.05, 4.69) is 5.32 Å². The van der Waals surface area contributed by atoms with E-state index in [1.54, 1.807) is 31.2 Å². The Balaban J connectivity index is 1.71. The third-order valence-corrected chi connectivity index (χ3v) is 7.06. The molecule has 0 bridgehead atoms. The van der Waals surface area contributed by atoms with E-state index in [0.29, 0.717) is 36.4 Å². The summed E-state index contributed by atoms with van der Waals surface area (Å²) in [6.45, 7) is 2.26. The number of primary amides is 1. The maximum Gasteiger partial charge on any atom is 0.248 e. The fraction of sp³-hybridized carbons (Fsp3) is 0.333. The lowest BCUT2D eigenvalue weighted by Crippen LogP contribution is -2.43. The van der Waals surface area contributed by atoms with Gasteiger partial charge in [-0.1, -0.05) is 0 Å². The Bertz CT molecular complexity index is 1050. The van der Waals surface area contributed by atoms with Crippen molar-refractivity contribution in [2.24, 2.45) is 11.7 Å². The number of piperidine rings is 1. The molecule has 8 nitrogen and oxygen atoms in total. The third-order valence-electron chi connectivity index (χ3n) is 5.20. The molecule has 1 aliphatic heterocycles. The number of ether oxygens (including phenoxy) is 1. The van der Waals surface area contributed by atoms with Gasteiger partial charge in [-0.15, -0.1) is 0 Å². The number of nitrogens with zero attached hydrogens (tertiary/aromatic N) is 1. The third kappa shape index (κ3) is 4.63. The fourth-order valence-corrected chi connectivity index (χ4v) is 5.11. The monoisotopic (exact) mass is 431 g/mol. The summed E-state index contributed by atoms with van der Waals surface area (Å²) in [5.41, 5.74) is 6.81. The zero-order chi connectivity index (χ0) is 21.9. The van der Waals surface area contributed by atoms with Gasteiger partial charge in [0.05, 0.1) is 17.9 Å². The predicted molar refractivity (Wildman–Crippen MR) is 113 cm³/mol. The molecule has 1 fully saturated rings. The van der Waals surface area contributed by atoms with Crippen LogP contribution in [0, 0.1) is 12.8 Å². The van der Waals surface area contributed by atoms with E-state index in [9.17, 15) is 18.0 Å². The largest absolute Gasteiger partial charge is 0.496 e. The topological polar surface area (TPSA) is 119 Å². The number of hydrogen-bond donors (Lipinski definition) is 2. The van der Waals surface area contributed by atoms with Crippen molar-refractivity contribution in [3.63, 3.8) is 0 Å². The number of carbonyl (C=O) groups is 2. The molecular formula is C21H25N3O5S. The van der Waals surface area contributed by atoms with Crippen molar-refractivity contribution >= 4 is 27.5 Å². The predicted octanol–water partition coefficient (Wildman–Crippen LogP) is 2.14. The summed E-state index contributed by atoms with van der Waals surface area (Å²) < 4.78 is 32.7. The van der Waals surface area contributed by atoms with Crippen molar-refractivity contribution in [1.29, 1.82) is 0 Å². The molecule has 1 atom stereocenters. The van der Waals surface area contributed by atoms with E-state index in [-0.39, 0.29) is 17.3 Å². The Kier molecular flexibility index (Phi) is 6.42. The Labute approximate surface area is 176 Å². The number of carbonyl (C=O) groups excluding carboxylic acids is 2. The maximum atomic E-state index is 13.1. The van der Waals surface area contributed by atoms with Crippen LogP contribution in [0.3, 0.4) is 0 Å². The van der Waals surface area contributed by atoms with Crippen LogP contribution < -0.4 is 15.8 Å². The highest BCUT2D eigenvalue weighted by atomic mass is 32.2. The Morgan fingerprint density at radius 1 is 1.17 bits per heavy atom. The average Bonchev–Trinajstić information content (AvgIpc) is 2.74. The average molecular weight is 432 g/mol. The van der Waals surface area contributed by atoms with E-state index < -0.39 is 21.8 Å². The molecule has 0 spiro atoms. The summed E-state index contributed by atoms with van der Waals surface area (Å²) in [6.07, 6.45) is 1.19. The Morgan fingerprint density at radius 3 is 2.47 bits per heavy atom. The highest BCUT2D eigenvalue weighted by Crippen LogP contribution is 2.27. The summed E-state index contributed by atoms with van der Waals surface area (Å²) in [4.78, 5) is 24.0. The molecule has 1 heterocycles. The van der Waals surface area contributed by atoms with Gasteiger partial charge in [-0.3, -0.25) is 9.59 Å². The molecule has 1 aliphatic rings. The van der Waals surface area contributed by atoms with Crippen LogP contribution in [0.25, 0.3) is 0 Å². The summed E-state index contributed by atoms with van der Waals surface area (Å²) in [5, 5.41) is 2.78. The van der Waals surface area contributed by atoms with E-state index in [1.807, 2.05) is 0 Å². The molecule has 160 valence electrons. The van der Waals surface area contributed by atoms with Crippen LogP contribution in [-0.2, 0) is 14.8 Å². The number of anilines is 1. The van der Waals surface area contributed by atoms with Crippen molar-refractivity contribution in [3.05, 3.63) is 53.6 Å². The molecule has 0 radical (unpaired) electrons. The second kappa shape index (κ2) is 8.85. The number of rotatable bonds is 6. The molecule has 0 saturated carbocycles. The van der Waals surface area contributed by atoms with Crippen LogP contribution in [0.2, 0.25) is 0 Å².